The molecule has 2 aromatic rings. The van der Waals surface area contributed by atoms with Gasteiger partial charge in [-0.3, -0.25) is 4.79 Å². The molecule has 6 heteroatoms. The first-order chi connectivity index (χ1) is 12.0. The summed E-state index contributed by atoms with van der Waals surface area (Å²) in [7, 11) is 4.55. The average molecular weight is 364 g/mol. The van der Waals surface area contributed by atoms with Gasteiger partial charge in [0.1, 0.15) is 0 Å². The Morgan fingerprint density at radius 2 is 1.76 bits per heavy atom. The summed E-state index contributed by atoms with van der Waals surface area (Å²) in [6, 6.07) is 10.8. The summed E-state index contributed by atoms with van der Waals surface area (Å²) >= 11 is 6.03. The average Bonchev–Trinajstić information content (AvgIpc) is 2.64. The second kappa shape index (κ2) is 8.62. The Morgan fingerprint density at radius 3 is 2.32 bits per heavy atom. The maximum absolute atomic E-state index is 13.0. The number of ether oxygens (including phenoxy) is 3. The van der Waals surface area contributed by atoms with E-state index in [4.69, 9.17) is 25.8 Å². The molecule has 0 N–H and O–H groups in total. The first kappa shape index (κ1) is 18.9. The monoisotopic (exact) mass is 363 g/mol. The van der Waals surface area contributed by atoms with Crippen molar-refractivity contribution in [3.05, 3.63) is 52.5 Å². The molecule has 0 saturated carbocycles. The van der Waals surface area contributed by atoms with Gasteiger partial charge in [-0.2, -0.15) is 0 Å². The standard InChI is InChI=1S/C19H22ClNO4/c1-5-21(12-13-7-6-8-14(20)11-13)19(22)15-9-10-16(23-2)18(25-4)17(15)24-3/h6-11H,5,12H2,1-4H3. The normalized spacial score (nSPS) is 10.3. The van der Waals surface area contributed by atoms with Gasteiger partial charge in [-0.25, -0.2) is 0 Å². The molecule has 0 aliphatic carbocycles. The molecule has 0 aromatic heterocycles. The van der Waals surface area contributed by atoms with Crippen LogP contribution in [-0.4, -0.2) is 38.7 Å². The number of carbonyl (C=O) groups is 1. The highest BCUT2D eigenvalue weighted by atomic mass is 35.5. The lowest BCUT2D eigenvalue weighted by molar-refractivity contribution is 0.0748. The molecular weight excluding hydrogens is 342 g/mol. The van der Waals surface area contributed by atoms with Gasteiger partial charge in [0.15, 0.2) is 11.5 Å². The van der Waals surface area contributed by atoms with Gasteiger partial charge in [-0.1, -0.05) is 23.7 Å². The molecule has 2 aromatic carbocycles. The molecule has 0 heterocycles. The van der Waals surface area contributed by atoms with Gasteiger partial charge in [-0.15, -0.1) is 0 Å². The lowest BCUT2D eigenvalue weighted by Gasteiger charge is -2.23. The molecule has 0 spiro atoms. The number of methoxy groups -OCH3 is 3. The largest absolute Gasteiger partial charge is 0.493 e. The van der Waals surface area contributed by atoms with Crippen LogP contribution in [0.4, 0.5) is 0 Å². The van der Waals surface area contributed by atoms with Crippen molar-refractivity contribution in [1.82, 2.24) is 4.90 Å². The van der Waals surface area contributed by atoms with E-state index in [2.05, 4.69) is 0 Å². The molecule has 0 radical (unpaired) electrons. The van der Waals surface area contributed by atoms with E-state index in [-0.39, 0.29) is 5.91 Å². The van der Waals surface area contributed by atoms with Crippen LogP contribution in [0, 0.1) is 0 Å². The van der Waals surface area contributed by atoms with Crippen LogP contribution in [0.25, 0.3) is 0 Å². The molecule has 2 rings (SSSR count). The summed E-state index contributed by atoms with van der Waals surface area (Å²) in [4.78, 5) is 14.7. The molecule has 0 aliphatic rings. The van der Waals surface area contributed by atoms with E-state index in [0.717, 1.165) is 5.56 Å². The van der Waals surface area contributed by atoms with E-state index in [1.165, 1.54) is 21.3 Å². The van der Waals surface area contributed by atoms with Gasteiger partial charge in [0.25, 0.3) is 5.91 Å². The van der Waals surface area contributed by atoms with Gasteiger partial charge in [-0.05, 0) is 36.8 Å². The summed E-state index contributed by atoms with van der Waals surface area (Å²) in [5.41, 5.74) is 1.38. The van der Waals surface area contributed by atoms with E-state index >= 15 is 0 Å². The van der Waals surface area contributed by atoms with E-state index in [9.17, 15) is 4.79 Å². The van der Waals surface area contributed by atoms with Crippen molar-refractivity contribution in [2.45, 2.75) is 13.5 Å². The molecule has 5 nitrogen and oxygen atoms in total. The zero-order chi connectivity index (χ0) is 18.4. The second-order valence-corrected chi connectivity index (χ2v) is 5.77. The summed E-state index contributed by atoms with van der Waals surface area (Å²) in [5.74, 6) is 1.11. The topological polar surface area (TPSA) is 48.0 Å². The smallest absolute Gasteiger partial charge is 0.258 e. The van der Waals surface area contributed by atoms with Crippen LogP contribution >= 0.6 is 11.6 Å². The van der Waals surface area contributed by atoms with Crippen LogP contribution in [0.1, 0.15) is 22.8 Å². The fraction of sp³-hybridized carbons (Fsp3) is 0.316. The number of halogens is 1. The van der Waals surface area contributed by atoms with Crippen molar-refractivity contribution in [2.75, 3.05) is 27.9 Å². The minimum Gasteiger partial charge on any atom is -0.493 e. The van der Waals surface area contributed by atoms with Crippen molar-refractivity contribution < 1.29 is 19.0 Å². The molecule has 0 saturated heterocycles. The van der Waals surface area contributed by atoms with Crippen molar-refractivity contribution in [1.29, 1.82) is 0 Å². The molecule has 0 aliphatic heterocycles. The highest BCUT2D eigenvalue weighted by Gasteiger charge is 2.24. The zero-order valence-electron chi connectivity index (χ0n) is 14.8. The van der Waals surface area contributed by atoms with Gasteiger partial charge < -0.3 is 19.1 Å². The number of rotatable bonds is 7. The number of hydrogen-bond acceptors (Lipinski definition) is 4. The molecule has 25 heavy (non-hydrogen) atoms. The van der Waals surface area contributed by atoms with Crippen molar-refractivity contribution in [2.24, 2.45) is 0 Å². The summed E-state index contributed by atoms with van der Waals surface area (Å²) in [6.45, 7) is 2.92. The third-order valence-corrected chi connectivity index (χ3v) is 4.10. The number of benzene rings is 2. The Morgan fingerprint density at radius 1 is 1.04 bits per heavy atom. The number of amides is 1. The molecule has 1 amide bonds. The van der Waals surface area contributed by atoms with E-state index in [0.29, 0.717) is 40.9 Å². The minimum absolute atomic E-state index is 0.153. The van der Waals surface area contributed by atoms with Crippen molar-refractivity contribution in [3.63, 3.8) is 0 Å². The third kappa shape index (κ3) is 4.17. The van der Waals surface area contributed by atoms with Gasteiger partial charge in [0, 0.05) is 18.1 Å². The lowest BCUT2D eigenvalue weighted by atomic mass is 10.1. The number of nitrogens with zero attached hydrogens (tertiary/aromatic N) is 1. The Hall–Kier alpha value is -2.40. The third-order valence-electron chi connectivity index (χ3n) is 3.87. The molecule has 0 fully saturated rings. The molecule has 0 unspecified atom stereocenters. The Kier molecular flexibility index (Phi) is 6.53. The van der Waals surface area contributed by atoms with Crippen LogP contribution in [-0.2, 0) is 6.54 Å². The van der Waals surface area contributed by atoms with Crippen LogP contribution in [0.3, 0.4) is 0 Å². The van der Waals surface area contributed by atoms with Crippen LogP contribution in [0.5, 0.6) is 17.2 Å². The van der Waals surface area contributed by atoms with Gasteiger partial charge in [0.2, 0.25) is 5.75 Å². The van der Waals surface area contributed by atoms with Crippen LogP contribution in [0.2, 0.25) is 5.02 Å². The number of carbonyl (C=O) groups excluding carboxylic acids is 1. The van der Waals surface area contributed by atoms with E-state index in [1.807, 2.05) is 25.1 Å². The SMILES string of the molecule is CCN(Cc1cccc(Cl)c1)C(=O)c1ccc(OC)c(OC)c1OC. The highest BCUT2D eigenvalue weighted by Crippen LogP contribution is 2.40. The lowest BCUT2D eigenvalue weighted by Crippen LogP contribution is -2.30. The fourth-order valence-corrected chi connectivity index (χ4v) is 2.84. The van der Waals surface area contributed by atoms with Crippen LogP contribution in [0.15, 0.2) is 36.4 Å². The predicted octanol–water partition coefficient (Wildman–Crippen LogP) is 4.03. The summed E-state index contributed by atoms with van der Waals surface area (Å²) < 4.78 is 16.0. The molecule has 0 bridgehead atoms. The van der Waals surface area contributed by atoms with Crippen molar-refractivity contribution >= 4 is 17.5 Å². The van der Waals surface area contributed by atoms with Crippen molar-refractivity contribution in [3.8, 4) is 17.2 Å². The van der Waals surface area contributed by atoms with Gasteiger partial charge in [0.05, 0.1) is 26.9 Å². The van der Waals surface area contributed by atoms with Gasteiger partial charge >= 0.3 is 0 Å². The van der Waals surface area contributed by atoms with E-state index < -0.39 is 0 Å². The maximum atomic E-state index is 13.0. The Bertz CT molecular complexity index is 748. The van der Waals surface area contributed by atoms with E-state index in [1.54, 1.807) is 23.1 Å². The first-order valence-electron chi connectivity index (χ1n) is 7.88. The second-order valence-electron chi connectivity index (χ2n) is 5.33. The van der Waals surface area contributed by atoms with Crippen LogP contribution < -0.4 is 14.2 Å². The quantitative estimate of drug-likeness (QED) is 0.745. The minimum atomic E-state index is -0.153. The zero-order valence-corrected chi connectivity index (χ0v) is 15.6. The summed E-state index contributed by atoms with van der Waals surface area (Å²) in [5, 5.41) is 0.643. The number of hydrogen-bond donors (Lipinski definition) is 0. The maximum Gasteiger partial charge on any atom is 0.258 e. The predicted molar refractivity (Wildman–Crippen MR) is 98.0 cm³/mol. The highest BCUT2D eigenvalue weighted by molar-refractivity contribution is 6.30. The fourth-order valence-electron chi connectivity index (χ4n) is 2.62. The molecule has 0 atom stereocenters. The first-order valence-corrected chi connectivity index (χ1v) is 8.26. The Balaban J connectivity index is 2.37. The molecular formula is C19H22ClNO4. The Labute approximate surface area is 153 Å². The molecule has 134 valence electrons. The summed E-state index contributed by atoms with van der Waals surface area (Å²) in [6.07, 6.45) is 0.